The highest BCUT2D eigenvalue weighted by molar-refractivity contribution is 7.99. The molecular weight excluding hydrogens is 437 g/mol. The molecule has 1 atom stereocenters. The summed E-state index contributed by atoms with van der Waals surface area (Å²) in [6.07, 6.45) is -3.65. The number of carbonyl (C=O) groups excluding carboxylic acids is 1. The summed E-state index contributed by atoms with van der Waals surface area (Å²) in [6.45, 7) is 1.89. The predicted octanol–water partition coefficient (Wildman–Crippen LogP) is 4.75. The maximum atomic E-state index is 13.3. The number of benzene rings is 2. The molecule has 2 aromatic carbocycles. The van der Waals surface area contributed by atoms with Gasteiger partial charge < -0.3 is 10.4 Å². The lowest BCUT2D eigenvalue weighted by Gasteiger charge is -2.33. The van der Waals surface area contributed by atoms with Crippen LogP contribution in [0.4, 0.5) is 18.9 Å². The Morgan fingerprint density at radius 3 is 2.53 bits per heavy atom. The second kappa shape index (κ2) is 9.68. The van der Waals surface area contributed by atoms with Gasteiger partial charge in [0, 0.05) is 17.2 Å². The molecule has 166 valence electrons. The number of hydrogen-bond acceptors (Lipinski definition) is 4. The molecule has 0 bridgehead atoms. The van der Waals surface area contributed by atoms with Crippen LogP contribution in [0.5, 0.6) is 0 Å². The van der Waals surface area contributed by atoms with Crippen molar-refractivity contribution in [2.45, 2.75) is 31.5 Å². The first kappa shape index (κ1) is 23.7. The van der Waals surface area contributed by atoms with E-state index in [4.69, 9.17) is 5.26 Å². The molecule has 1 aliphatic heterocycles. The second-order valence-electron chi connectivity index (χ2n) is 7.60. The highest BCUT2D eigenvalue weighted by atomic mass is 32.2. The fraction of sp³-hybridized carbons (Fsp3) is 0.333. The molecule has 1 amide bonds. The van der Waals surface area contributed by atoms with E-state index in [-0.39, 0.29) is 5.69 Å². The number of rotatable bonds is 3. The van der Waals surface area contributed by atoms with E-state index in [1.54, 1.807) is 17.8 Å². The summed E-state index contributed by atoms with van der Waals surface area (Å²) in [6, 6.07) is 11.7. The van der Waals surface area contributed by atoms with Crippen molar-refractivity contribution in [2.75, 3.05) is 16.8 Å². The molecule has 1 fully saturated rings. The van der Waals surface area contributed by atoms with Gasteiger partial charge in [0.25, 0.3) is 5.91 Å². The highest BCUT2D eigenvalue weighted by Crippen LogP contribution is 2.35. The first-order valence-electron chi connectivity index (χ1n) is 9.96. The molecule has 32 heavy (non-hydrogen) atoms. The number of alkyl halides is 3. The Morgan fingerprint density at radius 1 is 1.19 bits per heavy atom. The monoisotopic (exact) mass is 458 g/mol. The topological polar surface area (TPSA) is 73.1 Å². The van der Waals surface area contributed by atoms with Gasteiger partial charge in [0.15, 0.2) is 0 Å². The smallest absolute Gasteiger partial charge is 0.369 e. The van der Waals surface area contributed by atoms with Gasteiger partial charge in [-0.05, 0) is 67.2 Å². The van der Waals surface area contributed by atoms with Crippen molar-refractivity contribution in [1.29, 1.82) is 5.26 Å². The Bertz CT molecular complexity index is 1110. The first-order chi connectivity index (χ1) is 15.1. The Balaban J connectivity index is 1.95. The summed E-state index contributed by atoms with van der Waals surface area (Å²) in [5, 5.41) is 22.7. The third-order valence-electron chi connectivity index (χ3n) is 5.28. The SMILES string of the molecule is Cc1cccc(C#CC(O)(C(=O)Nc2ccc(C#N)c(C(F)(F)F)c2)C2CCSCC2)c1. The summed E-state index contributed by atoms with van der Waals surface area (Å²) < 4.78 is 39.8. The van der Waals surface area contributed by atoms with Gasteiger partial charge in [-0.25, -0.2) is 0 Å². The molecule has 0 aliphatic carbocycles. The van der Waals surface area contributed by atoms with E-state index in [0.29, 0.717) is 24.5 Å². The van der Waals surface area contributed by atoms with Gasteiger partial charge in [0.2, 0.25) is 5.60 Å². The third-order valence-corrected chi connectivity index (χ3v) is 6.33. The van der Waals surface area contributed by atoms with E-state index in [1.165, 1.54) is 12.1 Å². The summed E-state index contributed by atoms with van der Waals surface area (Å²) in [7, 11) is 0. The number of carbonyl (C=O) groups is 1. The molecule has 1 heterocycles. The lowest BCUT2D eigenvalue weighted by Crippen LogP contribution is -2.49. The zero-order chi connectivity index (χ0) is 23.4. The molecule has 4 nitrogen and oxygen atoms in total. The van der Waals surface area contributed by atoms with Crippen molar-refractivity contribution in [3.8, 4) is 17.9 Å². The van der Waals surface area contributed by atoms with Crippen LogP contribution in [0.2, 0.25) is 0 Å². The van der Waals surface area contributed by atoms with E-state index in [2.05, 4.69) is 17.2 Å². The molecule has 0 saturated carbocycles. The molecular formula is C24H21F3N2O2S. The fourth-order valence-corrected chi connectivity index (χ4v) is 4.64. The van der Waals surface area contributed by atoms with Crippen molar-refractivity contribution in [3.63, 3.8) is 0 Å². The Labute approximate surface area is 188 Å². The number of nitrogens with one attached hydrogen (secondary N) is 1. The van der Waals surface area contributed by atoms with Crippen LogP contribution in [0.3, 0.4) is 0 Å². The van der Waals surface area contributed by atoms with Gasteiger partial charge >= 0.3 is 6.18 Å². The number of anilines is 1. The van der Waals surface area contributed by atoms with Crippen molar-refractivity contribution in [1.82, 2.24) is 0 Å². The van der Waals surface area contributed by atoms with Crippen LogP contribution in [0.1, 0.15) is 35.1 Å². The van der Waals surface area contributed by atoms with Gasteiger partial charge in [-0.1, -0.05) is 24.0 Å². The lowest BCUT2D eigenvalue weighted by molar-refractivity contribution is -0.138. The molecule has 0 aromatic heterocycles. The number of thioether (sulfide) groups is 1. The molecule has 1 aliphatic rings. The number of amides is 1. The minimum atomic E-state index is -4.76. The molecule has 1 unspecified atom stereocenters. The van der Waals surface area contributed by atoms with Crippen LogP contribution in [-0.2, 0) is 11.0 Å². The number of aryl methyl sites for hydroxylation is 1. The number of nitrogens with zero attached hydrogens (tertiary/aromatic N) is 1. The second-order valence-corrected chi connectivity index (χ2v) is 8.82. The largest absolute Gasteiger partial charge is 0.417 e. The normalized spacial score (nSPS) is 16.2. The molecule has 0 radical (unpaired) electrons. The number of hydrogen-bond donors (Lipinski definition) is 2. The summed E-state index contributed by atoms with van der Waals surface area (Å²) in [5.74, 6) is 5.72. The molecule has 2 aromatic rings. The van der Waals surface area contributed by atoms with Crippen LogP contribution in [0.25, 0.3) is 0 Å². The summed E-state index contributed by atoms with van der Waals surface area (Å²) >= 11 is 1.71. The van der Waals surface area contributed by atoms with E-state index >= 15 is 0 Å². The van der Waals surface area contributed by atoms with Crippen LogP contribution in [0, 0.1) is 36.0 Å². The van der Waals surface area contributed by atoms with Gasteiger partial charge in [0.05, 0.1) is 17.2 Å². The van der Waals surface area contributed by atoms with Crippen LogP contribution < -0.4 is 5.32 Å². The third kappa shape index (κ3) is 5.45. The Morgan fingerprint density at radius 2 is 1.91 bits per heavy atom. The van der Waals surface area contributed by atoms with Crippen molar-refractivity contribution in [3.05, 3.63) is 64.7 Å². The fourth-order valence-electron chi connectivity index (χ4n) is 3.53. The van der Waals surface area contributed by atoms with Crippen molar-refractivity contribution >= 4 is 23.4 Å². The molecule has 8 heteroatoms. The van der Waals surface area contributed by atoms with Gasteiger partial charge in [-0.2, -0.15) is 30.2 Å². The first-order valence-corrected chi connectivity index (χ1v) is 11.1. The maximum Gasteiger partial charge on any atom is 0.417 e. The van der Waals surface area contributed by atoms with Gasteiger partial charge in [-0.3, -0.25) is 4.79 Å². The van der Waals surface area contributed by atoms with Crippen molar-refractivity contribution in [2.24, 2.45) is 5.92 Å². The number of aliphatic hydroxyl groups is 1. The average Bonchev–Trinajstić information content (AvgIpc) is 2.77. The summed E-state index contributed by atoms with van der Waals surface area (Å²) in [5.41, 5.74) is -2.34. The molecule has 2 N–H and O–H groups in total. The van der Waals surface area contributed by atoms with Gasteiger partial charge in [0.1, 0.15) is 0 Å². The standard InChI is InChI=1S/C24H21F3N2O2S/c1-16-3-2-4-17(13-16)7-10-23(31,19-8-11-32-12-9-19)22(30)29-20-6-5-18(15-28)21(14-20)24(25,26)27/h2-6,13-14,19,31H,8-9,11-12H2,1H3,(H,29,30). The van der Waals surface area contributed by atoms with Crippen molar-refractivity contribution < 1.29 is 23.1 Å². The maximum absolute atomic E-state index is 13.3. The number of halogens is 3. The lowest BCUT2D eigenvalue weighted by atomic mass is 9.82. The predicted molar refractivity (Wildman–Crippen MR) is 118 cm³/mol. The molecule has 0 spiro atoms. The van der Waals surface area contributed by atoms with E-state index < -0.39 is 34.7 Å². The quantitative estimate of drug-likeness (QED) is 0.651. The zero-order valence-electron chi connectivity index (χ0n) is 17.3. The average molecular weight is 459 g/mol. The van der Waals surface area contributed by atoms with Crippen LogP contribution in [0.15, 0.2) is 42.5 Å². The zero-order valence-corrected chi connectivity index (χ0v) is 18.1. The summed E-state index contributed by atoms with van der Waals surface area (Å²) in [4.78, 5) is 13.1. The van der Waals surface area contributed by atoms with Crippen LogP contribution >= 0.6 is 11.8 Å². The Hall–Kier alpha value is -2.94. The minimum Gasteiger partial charge on any atom is -0.369 e. The molecule has 3 rings (SSSR count). The van der Waals surface area contributed by atoms with Crippen LogP contribution in [-0.4, -0.2) is 28.1 Å². The van der Waals surface area contributed by atoms with Gasteiger partial charge in [-0.15, -0.1) is 0 Å². The van der Waals surface area contributed by atoms with E-state index in [9.17, 15) is 23.1 Å². The van der Waals surface area contributed by atoms with E-state index in [1.807, 2.05) is 25.1 Å². The number of nitriles is 1. The minimum absolute atomic E-state index is 0.165. The Kier molecular flexibility index (Phi) is 7.18. The highest BCUT2D eigenvalue weighted by Gasteiger charge is 2.43. The molecule has 1 saturated heterocycles. The van der Waals surface area contributed by atoms with E-state index in [0.717, 1.165) is 23.1 Å².